The summed E-state index contributed by atoms with van der Waals surface area (Å²) in [4.78, 5) is 12.0. The van der Waals surface area contributed by atoms with Crippen molar-refractivity contribution in [2.45, 2.75) is 6.61 Å². The van der Waals surface area contributed by atoms with E-state index in [9.17, 15) is 4.79 Å². The van der Waals surface area contributed by atoms with Gasteiger partial charge in [-0.2, -0.15) is 5.10 Å². The molecule has 1 N–H and O–H groups in total. The molecule has 0 aliphatic heterocycles. The number of halogens is 2. The molecule has 0 aromatic heterocycles. The van der Waals surface area contributed by atoms with Crippen LogP contribution in [0.5, 0.6) is 5.75 Å². The van der Waals surface area contributed by atoms with Crippen molar-refractivity contribution in [3.63, 3.8) is 0 Å². The van der Waals surface area contributed by atoms with Gasteiger partial charge in [0.15, 0.2) is 0 Å². The summed E-state index contributed by atoms with van der Waals surface area (Å²) >= 11 is 12.2. The Balaban J connectivity index is 1.59. The molecule has 27 heavy (non-hydrogen) atoms. The number of hydrogen-bond acceptors (Lipinski definition) is 3. The summed E-state index contributed by atoms with van der Waals surface area (Å²) < 4.78 is 5.73. The summed E-state index contributed by atoms with van der Waals surface area (Å²) in [6, 6.07) is 21.9. The minimum absolute atomic E-state index is 0.360. The van der Waals surface area contributed by atoms with Crippen molar-refractivity contribution >= 4 is 35.3 Å². The Morgan fingerprint density at radius 2 is 1.70 bits per heavy atom. The summed E-state index contributed by atoms with van der Waals surface area (Å²) in [5.41, 5.74) is 4.59. The van der Waals surface area contributed by atoms with Crippen LogP contribution in [-0.2, 0) is 6.61 Å². The van der Waals surface area contributed by atoms with Crippen LogP contribution in [0.25, 0.3) is 0 Å². The molecule has 0 saturated heterocycles. The van der Waals surface area contributed by atoms with Gasteiger partial charge in [0.2, 0.25) is 0 Å². The Labute approximate surface area is 167 Å². The van der Waals surface area contributed by atoms with Crippen LogP contribution in [0, 0.1) is 0 Å². The van der Waals surface area contributed by atoms with E-state index >= 15 is 0 Å². The molecule has 0 aliphatic carbocycles. The Kier molecular flexibility index (Phi) is 6.47. The lowest BCUT2D eigenvalue weighted by Gasteiger charge is -2.08. The van der Waals surface area contributed by atoms with Crippen molar-refractivity contribution in [3.8, 4) is 5.75 Å². The van der Waals surface area contributed by atoms with Gasteiger partial charge in [-0.05, 0) is 41.5 Å². The fourth-order valence-corrected chi connectivity index (χ4v) is 2.79. The van der Waals surface area contributed by atoms with Crippen LogP contribution in [0.1, 0.15) is 21.5 Å². The Morgan fingerprint density at radius 1 is 0.963 bits per heavy atom. The van der Waals surface area contributed by atoms with Crippen LogP contribution < -0.4 is 10.2 Å². The largest absolute Gasteiger partial charge is 0.487 e. The fourth-order valence-electron chi connectivity index (χ4n) is 2.32. The second kappa shape index (κ2) is 9.21. The van der Waals surface area contributed by atoms with Gasteiger partial charge in [-0.3, -0.25) is 4.79 Å². The molecule has 0 unspecified atom stereocenters. The zero-order chi connectivity index (χ0) is 19.1. The normalized spacial score (nSPS) is 10.7. The lowest BCUT2D eigenvalue weighted by Crippen LogP contribution is -2.17. The van der Waals surface area contributed by atoms with Crippen molar-refractivity contribution in [1.29, 1.82) is 0 Å². The summed E-state index contributed by atoms with van der Waals surface area (Å²) in [5.74, 6) is 0.198. The van der Waals surface area contributed by atoms with Gasteiger partial charge in [0, 0.05) is 0 Å². The fraction of sp³-hybridized carbons (Fsp3) is 0.0476. The minimum Gasteiger partial charge on any atom is -0.487 e. The van der Waals surface area contributed by atoms with Crippen LogP contribution >= 0.6 is 23.2 Å². The number of carbonyl (C=O) groups is 1. The number of carbonyl (C=O) groups excluding carboxylic acids is 1. The summed E-state index contributed by atoms with van der Waals surface area (Å²) in [5, 5.41) is 4.77. The molecule has 4 nitrogen and oxygen atoms in total. The average molecular weight is 399 g/mol. The molecule has 6 heteroatoms. The van der Waals surface area contributed by atoms with E-state index in [1.165, 1.54) is 6.21 Å². The number of nitrogens with one attached hydrogen (secondary N) is 1. The molecular weight excluding hydrogens is 383 g/mol. The molecule has 0 atom stereocenters. The highest BCUT2D eigenvalue weighted by atomic mass is 35.5. The van der Waals surface area contributed by atoms with Crippen molar-refractivity contribution in [1.82, 2.24) is 5.43 Å². The topological polar surface area (TPSA) is 50.7 Å². The number of rotatable bonds is 6. The van der Waals surface area contributed by atoms with Gasteiger partial charge in [0.25, 0.3) is 5.91 Å². The first-order valence-electron chi connectivity index (χ1n) is 8.17. The third-order valence-electron chi connectivity index (χ3n) is 3.69. The Hall–Kier alpha value is -2.82. The lowest BCUT2D eigenvalue weighted by molar-refractivity contribution is 0.0955. The number of hydrazone groups is 1. The van der Waals surface area contributed by atoms with Crippen LogP contribution in [0.15, 0.2) is 77.9 Å². The molecule has 0 bridgehead atoms. The minimum atomic E-state index is -0.384. The summed E-state index contributed by atoms with van der Waals surface area (Å²) in [6.45, 7) is 0.432. The number of amides is 1. The second-order valence-corrected chi connectivity index (χ2v) is 6.46. The molecule has 0 heterocycles. The standard InChI is InChI=1S/C21H16Cl2N2O2/c22-18-9-5-4-8-17(18)21(26)25-24-13-16-10-11-20(19(23)12-16)27-14-15-6-2-1-3-7-15/h1-13H,14H2,(H,25,26)/b24-13-. The van der Waals surface area contributed by atoms with Crippen LogP contribution in [0.3, 0.4) is 0 Å². The van der Waals surface area contributed by atoms with Crippen molar-refractivity contribution in [2.75, 3.05) is 0 Å². The quantitative estimate of drug-likeness (QED) is 0.450. The first kappa shape index (κ1) is 19.0. The third-order valence-corrected chi connectivity index (χ3v) is 4.32. The molecule has 0 radical (unpaired) electrons. The van der Waals surface area contributed by atoms with E-state index < -0.39 is 0 Å². The predicted molar refractivity (Wildman–Crippen MR) is 109 cm³/mol. The maximum absolute atomic E-state index is 12.0. The zero-order valence-electron chi connectivity index (χ0n) is 14.2. The number of hydrogen-bond donors (Lipinski definition) is 1. The van der Waals surface area contributed by atoms with Gasteiger partial charge in [-0.1, -0.05) is 65.7 Å². The maximum Gasteiger partial charge on any atom is 0.272 e. The van der Waals surface area contributed by atoms with E-state index in [-0.39, 0.29) is 5.91 Å². The number of nitrogens with zero attached hydrogens (tertiary/aromatic N) is 1. The SMILES string of the molecule is O=C(N/N=C\c1ccc(OCc2ccccc2)c(Cl)c1)c1ccccc1Cl. The molecule has 1 amide bonds. The van der Waals surface area contributed by atoms with E-state index in [0.717, 1.165) is 11.1 Å². The molecule has 0 fully saturated rings. The van der Waals surface area contributed by atoms with Gasteiger partial charge in [-0.15, -0.1) is 0 Å². The highest BCUT2D eigenvalue weighted by Gasteiger charge is 2.08. The van der Waals surface area contributed by atoms with E-state index in [1.54, 1.807) is 42.5 Å². The van der Waals surface area contributed by atoms with Crippen molar-refractivity contribution in [3.05, 3.63) is 99.5 Å². The van der Waals surface area contributed by atoms with Gasteiger partial charge in [-0.25, -0.2) is 5.43 Å². The smallest absolute Gasteiger partial charge is 0.272 e. The molecular formula is C21H16Cl2N2O2. The molecule has 3 rings (SSSR count). The van der Waals surface area contributed by atoms with Crippen molar-refractivity contribution < 1.29 is 9.53 Å². The third kappa shape index (κ3) is 5.33. The maximum atomic E-state index is 12.0. The number of ether oxygens (including phenoxy) is 1. The first-order valence-corrected chi connectivity index (χ1v) is 8.93. The predicted octanol–water partition coefficient (Wildman–Crippen LogP) is 5.34. The second-order valence-electron chi connectivity index (χ2n) is 5.64. The first-order chi connectivity index (χ1) is 13.1. The Morgan fingerprint density at radius 3 is 2.44 bits per heavy atom. The summed E-state index contributed by atoms with van der Waals surface area (Å²) in [6.07, 6.45) is 1.50. The molecule has 3 aromatic rings. The van der Waals surface area contributed by atoms with E-state index in [0.29, 0.717) is 28.0 Å². The molecule has 0 saturated carbocycles. The van der Waals surface area contributed by atoms with Gasteiger partial charge in [0.05, 0.1) is 21.8 Å². The van der Waals surface area contributed by atoms with Gasteiger partial charge >= 0.3 is 0 Å². The highest BCUT2D eigenvalue weighted by molar-refractivity contribution is 6.33. The zero-order valence-corrected chi connectivity index (χ0v) is 15.7. The highest BCUT2D eigenvalue weighted by Crippen LogP contribution is 2.25. The Bertz CT molecular complexity index is 959. The lowest BCUT2D eigenvalue weighted by atomic mass is 10.2. The van der Waals surface area contributed by atoms with Crippen LogP contribution in [-0.4, -0.2) is 12.1 Å². The van der Waals surface area contributed by atoms with Crippen molar-refractivity contribution in [2.24, 2.45) is 5.10 Å². The van der Waals surface area contributed by atoms with E-state index in [1.807, 2.05) is 30.3 Å². The molecule has 0 spiro atoms. The molecule has 136 valence electrons. The van der Waals surface area contributed by atoms with Crippen LogP contribution in [0.2, 0.25) is 10.0 Å². The average Bonchev–Trinajstić information content (AvgIpc) is 2.68. The van der Waals surface area contributed by atoms with Gasteiger partial charge in [0.1, 0.15) is 12.4 Å². The van der Waals surface area contributed by atoms with Crippen LogP contribution in [0.4, 0.5) is 0 Å². The van der Waals surface area contributed by atoms with E-state index in [2.05, 4.69) is 10.5 Å². The van der Waals surface area contributed by atoms with E-state index in [4.69, 9.17) is 27.9 Å². The van der Waals surface area contributed by atoms with Gasteiger partial charge < -0.3 is 4.74 Å². The monoisotopic (exact) mass is 398 g/mol. The molecule has 0 aliphatic rings. The summed E-state index contributed by atoms with van der Waals surface area (Å²) in [7, 11) is 0. The number of benzene rings is 3. The molecule has 3 aromatic carbocycles.